The second-order valence-corrected chi connectivity index (χ2v) is 8.46. The van der Waals surface area contributed by atoms with Gasteiger partial charge in [0, 0.05) is 10.9 Å². The number of carbonyl (C=O) groups is 3. The molecule has 0 bridgehead atoms. The maximum atomic E-state index is 12.8. The SMILES string of the molecule is CCOC(=O)Cc1csc(NC(=O)C(CC)OC(=O)c2ccc3nc(-c4ccccc4)[nH]c3c2)n1. The molecular formula is C25H24N4O5S. The quantitative estimate of drug-likeness (QED) is 0.333. The summed E-state index contributed by atoms with van der Waals surface area (Å²) >= 11 is 1.18. The minimum absolute atomic E-state index is 0.0223. The number of thiazole rings is 1. The highest BCUT2D eigenvalue weighted by Gasteiger charge is 2.23. The van der Waals surface area contributed by atoms with Crippen LogP contribution < -0.4 is 5.32 Å². The molecule has 0 aliphatic carbocycles. The van der Waals surface area contributed by atoms with Crippen LogP contribution in [0.2, 0.25) is 0 Å². The van der Waals surface area contributed by atoms with Gasteiger partial charge in [0.15, 0.2) is 11.2 Å². The number of nitrogens with zero attached hydrogens (tertiary/aromatic N) is 2. The number of amides is 1. The van der Waals surface area contributed by atoms with Crippen molar-refractivity contribution in [1.29, 1.82) is 0 Å². The second kappa shape index (κ2) is 10.9. The molecule has 1 unspecified atom stereocenters. The predicted molar refractivity (Wildman–Crippen MR) is 132 cm³/mol. The standard InChI is InChI=1S/C25H24N4O5S/c1-3-20(23(31)29-25-26-17(14-35-25)13-21(30)33-4-2)34-24(32)16-10-11-18-19(12-16)28-22(27-18)15-8-6-5-7-9-15/h5-12,14,20H,3-4,13H2,1-2H3,(H,27,28)(H,26,29,31). The zero-order valence-electron chi connectivity index (χ0n) is 19.2. The Hall–Kier alpha value is -4.05. The topological polar surface area (TPSA) is 123 Å². The number of fused-ring (bicyclic) bond motifs is 1. The number of H-pyrrole nitrogens is 1. The second-order valence-electron chi connectivity index (χ2n) is 7.60. The molecule has 10 heteroatoms. The van der Waals surface area contributed by atoms with Crippen LogP contribution in [-0.4, -0.2) is 45.5 Å². The molecule has 4 aromatic rings. The third-order valence-electron chi connectivity index (χ3n) is 5.09. The van der Waals surface area contributed by atoms with E-state index in [9.17, 15) is 14.4 Å². The maximum Gasteiger partial charge on any atom is 0.338 e. The molecule has 1 atom stereocenters. The Balaban J connectivity index is 1.41. The molecule has 9 nitrogen and oxygen atoms in total. The van der Waals surface area contributed by atoms with E-state index in [1.54, 1.807) is 37.4 Å². The van der Waals surface area contributed by atoms with Gasteiger partial charge in [0.2, 0.25) is 0 Å². The first kappa shape index (κ1) is 24.1. The van der Waals surface area contributed by atoms with Crippen molar-refractivity contribution in [2.75, 3.05) is 11.9 Å². The van der Waals surface area contributed by atoms with Gasteiger partial charge in [0.25, 0.3) is 5.91 Å². The number of esters is 2. The molecule has 2 aromatic heterocycles. The van der Waals surface area contributed by atoms with E-state index in [1.807, 2.05) is 30.3 Å². The van der Waals surface area contributed by atoms with Crippen LogP contribution in [-0.2, 0) is 25.5 Å². The number of hydrogen-bond acceptors (Lipinski definition) is 8. The summed E-state index contributed by atoms with van der Waals surface area (Å²) in [6.45, 7) is 3.76. The number of ether oxygens (including phenoxy) is 2. The van der Waals surface area contributed by atoms with Crippen LogP contribution in [0.3, 0.4) is 0 Å². The Labute approximate surface area is 205 Å². The highest BCUT2D eigenvalue weighted by atomic mass is 32.1. The summed E-state index contributed by atoms with van der Waals surface area (Å²) < 4.78 is 10.4. The van der Waals surface area contributed by atoms with Crippen molar-refractivity contribution in [3.05, 3.63) is 65.2 Å². The van der Waals surface area contributed by atoms with Gasteiger partial charge in [0.05, 0.1) is 35.3 Å². The minimum atomic E-state index is -1.00. The Morgan fingerprint density at radius 1 is 1.09 bits per heavy atom. The number of nitrogens with one attached hydrogen (secondary N) is 2. The van der Waals surface area contributed by atoms with Crippen LogP contribution in [0.25, 0.3) is 22.4 Å². The van der Waals surface area contributed by atoms with Crippen molar-refractivity contribution in [2.45, 2.75) is 32.8 Å². The summed E-state index contributed by atoms with van der Waals surface area (Å²) in [7, 11) is 0. The number of rotatable bonds is 9. The van der Waals surface area contributed by atoms with Crippen LogP contribution in [0.15, 0.2) is 53.9 Å². The summed E-state index contributed by atoms with van der Waals surface area (Å²) in [5.74, 6) is -0.803. The van der Waals surface area contributed by atoms with E-state index >= 15 is 0 Å². The molecule has 0 fully saturated rings. The number of aromatic nitrogens is 3. The lowest BCUT2D eigenvalue weighted by molar-refractivity contribution is -0.142. The molecular weight excluding hydrogens is 468 g/mol. The van der Waals surface area contributed by atoms with Gasteiger partial charge in [-0.15, -0.1) is 11.3 Å². The normalized spacial score (nSPS) is 11.7. The Morgan fingerprint density at radius 2 is 1.89 bits per heavy atom. The minimum Gasteiger partial charge on any atom is -0.466 e. The number of carbonyl (C=O) groups excluding carboxylic acids is 3. The van der Waals surface area contributed by atoms with Crippen LogP contribution in [0.1, 0.15) is 36.3 Å². The van der Waals surface area contributed by atoms with Crippen LogP contribution in [0.4, 0.5) is 5.13 Å². The number of hydrogen-bond donors (Lipinski definition) is 2. The van der Waals surface area contributed by atoms with Gasteiger partial charge in [-0.05, 0) is 31.5 Å². The van der Waals surface area contributed by atoms with Crippen molar-refractivity contribution in [2.24, 2.45) is 0 Å². The van der Waals surface area contributed by atoms with E-state index in [0.29, 0.717) is 33.2 Å². The smallest absolute Gasteiger partial charge is 0.338 e. The van der Waals surface area contributed by atoms with Gasteiger partial charge in [-0.25, -0.2) is 14.8 Å². The molecule has 2 N–H and O–H groups in total. The highest BCUT2D eigenvalue weighted by molar-refractivity contribution is 7.13. The predicted octanol–water partition coefficient (Wildman–Crippen LogP) is 4.37. The first-order valence-corrected chi connectivity index (χ1v) is 12.0. The molecule has 0 spiro atoms. The van der Waals surface area contributed by atoms with Gasteiger partial charge in [-0.2, -0.15) is 0 Å². The lowest BCUT2D eigenvalue weighted by Crippen LogP contribution is -2.32. The fourth-order valence-corrected chi connectivity index (χ4v) is 4.09. The van der Waals surface area contributed by atoms with Crippen molar-refractivity contribution in [1.82, 2.24) is 15.0 Å². The van der Waals surface area contributed by atoms with Crippen LogP contribution >= 0.6 is 11.3 Å². The van der Waals surface area contributed by atoms with Crippen molar-refractivity contribution in [3.63, 3.8) is 0 Å². The third kappa shape index (κ3) is 5.90. The molecule has 4 rings (SSSR count). The summed E-state index contributed by atoms with van der Waals surface area (Å²) in [6.07, 6.45) is -0.699. The van der Waals surface area contributed by atoms with Gasteiger partial charge in [-0.1, -0.05) is 37.3 Å². The molecule has 0 radical (unpaired) electrons. The first-order chi connectivity index (χ1) is 17.0. The first-order valence-electron chi connectivity index (χ1n) is 11.1. The average molecular weight is 493 g/mol. The monoisotopic (exact) mass is 492 g/mol. The lowest BCUT2D eigenvalue weighted by Gasteiger charge is -2.15. The number of aromatic amines is 1. The van der Waals surface area contributed by atoms with Crippen LogP contribution in [0.5, 0.6) is 0 Å². The Bertz CT molecular complexity index is 1350. The van der Waals surface area contributed by atoms with E-state index in [0.717, 1.165) is 5.56 Å². The van der Waals surface area contributed by atoms with Crippen molar-refractivity contribution >= 4 is 45.3 Å². The largest absolute Gasteiger partial charge is 0.466 e. The zero-order valence-corrected chi connectivity index (χ0v) is 20.1. The van der Waals surface area contributed by atoms with E-state index in [2.05, 4.69) is 20.3 Å². The van der Waals surface area contributed by atoms with E-state index < -0.39 is 18.0 Å². The summed E-state index contributed by atoms with van der Waals surface area (Å²) in [4.78, 5) is 49.1. The highest BCUT2D eigenvalue weighted by Crippen LogP contribution is 2.22. The molecule has 0 saturated heterocycles. The zero-order chi connectivity index (χ0) is 24.8. The van der Waals surface area contributed by atoms with Gasteiger partial charge in [-0.3, -0.25) is 14.9 Å². The third-order valence-corrected chi connectivity index (χ3v) is 5.90. The summed E-state index contributed by atoms with van der Waals surface area (Å²) in [6, 6.07) is 14.7. The van der Waals surface area contributed by atoms with Crippen molar-refractivity contribution in [3.8, 4) is 11.4 Å². The van der Waals surface area contributed by atoms with Gasteiger partial charge >= 0.3 is 11.9 Å². The van der Waals surface area contributed by atoms with Crippen LogP contribution in [0, 0.1) is 0 Å². The molecule has 35 heavy (non-hydrogen) atoms. The van der Waals surface area contributed by atoms with E-state index in [-0.39, 0.29) is 25.4 Å². The number of benzene rings is 2. The molecule has 2 heterocycles. The molecule has 0 saturated carbocycles. The molecule has 180 valence electrons. The van der Waals surface area contributed by atoms with E-state index in [4.69, 9.17) is 9.47 Å². The maximum absolute atomic E-state index is 12.8. The Morgan fingerprint density at radius 3 is 2.63 bits per heavy atom. The summed E-state index contributed by atoms with van der Waals surface area (Å²) in [5, 5.41) is 4.63. The number of imidazole rings is 1. The molecule has 2 aromatic carbocycles. The van der Waals surface area contributed by atoms with Gasteiger partial charge in [0.1, 0.15) is 5.82 Å². The van der Waals surface area contributed by atoms with E-state index in [1.165, 1.54) is 11.3 Å². The van der Waals surface area contributed by atoms with Crippen molar-refractivity contribution < 1.29 is 23.9 Å². The molecule has 0 aliphatic heterocycles. The Kier molecular flexibility index (Phi) is 7.51. The fourth-order valence-electron chi connectivity index (χ4n) is 3.38. The molecule has 1 amide bonds. The molecule has 0 aliphatic rings. The lowest BCUT2D eigenvalue weighted by atomic mass is 10.2. The van der Waals surface area contributed by atoms with Gasteiger partial charge < -0.3 is 14.5 Å². The average Bonchev–Trinajstić information content (AvgIpc) is 3.49. The fraction of sp³-hybridized carbons (Fsp3) is 0.240. The number of anilines is 1. The summed E-state index contributed by atoms with van der Waals surface area (Å²) in [5.41, 5.74) is 3.14.